The molecule has 2 aromatic rings. The molecular formula is C15H15ClN2O2. The Morgan fingerprint density at radius 1 is 1.30 bits per heavy atom. The van der Waals surface area contributed by atoms with E-state index in [0.717, 1.165) is 11.1 Å². The summed E-state index contributed by atoms with van der Waals surface area (Å²) in [5.74, 6) is 0.245. The van der Waals surface area contributed by atoms with Gasteiger partial charge in [-0.1, -0.05) is 23.2 Å². The summed E-state index contributed by atoms with van der Waals surface area (Å²) in [5.41, 5.74) is 2.81. The van der Waals surface area contributed by atoms with E-state index in [-0.39, 0.29) is 11.1 Å². The number of rotatable bonds is 3. The molecule has 4 nitrogen and oxygen atoms in total. The molecule has 20 heavy (non-hydrogen) atoms. The number of ether oxygens (including phenoxy) is 1. The predicted octanol–water partition coefficient (Wildman–Crippen LogP) is 3.61. The summed E-state index contributed by atoms with van der Waals surface area (Å²) < 4.78 is 5.21. The maximum absolute atomic E-state index is 12.4. The van der Waals surface area contributed by atoms with Crippen molar-refractivity contribution in [1.82, 2.24) is 4.98 Å². The third-order valence-electron chi connectivity index (χ3n) is 2.95. The first-order chi connectivity index (χ1) is 9.52. The third kappa shape index (κ3) is 2.91. The molecule has 0 spiro atoms. The average Bonchev–Trinajstić information content (AvgIpc) is 2.43. The van der Waals surface area contributed by atoms with Gasteiger partial charge in [-0.2, -0.15) is 0 Å². The standard InChI is InChI=1S/C15H15ClN2O2/c1-9-4-5-12(20-3)11(8-9)15(19)18-13-10(2)6-7-17-14(13)16/h4-8H,1-3H3,(H,18,19). The van der Waals surface area contributed by atoms with E-state index in [1.54, 1.807) is 24.4 Å². The molecule has 0 saturated heterocycles. The number of carbonyl (C=O) groups excluding carboxylic acids is 1. The molecule has 0 unspecified atom stereocenters. The van der Waals surface area contributed by atoms with Crippen molar-refractivity contribution in [2.45, 2.75) is 13.8 Å². The summed E-state index contributed by atoms with van der Waals surface area (Å²) in [6.45, 7) is 3.77. The summed E-state index contributed by atoms with van der Waals surface area (Å²) in [4.78, 5) is 16.3. The quantitative estimate of drug-likeness (QED) is 0.879. The van der Waals surface area contributed by atoms with Gasteiger partial charge in [-0.25, -0.2) is 4.98 Å². The molecule has 0 saturated carbocycles. The van der Waals surface area contributed by atoms with Crippen LogP contribution in [0.3, 0.4) is 0 Å². The topological polar surface area (TPSA) is 51.2 Å². The van der Waals surface area contributed by atoms with Gasteiger partial charge in [-0.05, 0) is 37.6 Å². The highest BCUT2D eigenvalue weighted by molar-refractivity contribution is 6.33. The molecular weight excluding hydrogens is 276 g/mol. The van der Waals surface area contributed by atoms with Gasteiger partial charge >= 0.3 is 0 Å². The van der Waals surface area contributed by atoms with E-state index < -0.39 is 0 Å². The van der Waals surface area contributed by atoms with Crippen LogP contribution in [-0.2, 0) is 0 Å². The molecule has 1 N–H and O–H groups in total. The summed E-state index contributed by atoms with van der Waals surface area (Å²) in [6.07, 6.45) is 1.60. The van der Waals surface area contributed by atoms with Crippen molar-refractivity contribution in [2.24, 2.45) is 0 Å². The van der Waals surface area contributed by atoms with Crippen molar-refractivity contribution >= 4 is 23.2 Å². The van der Waals surface area contributed by atoms with Crippen LogP contribution < -0.4 is 10.1 Å². The van der Waals surface area contributed by atoms with Gasteiger partial charge in [0.05, 0.1) is 18.4 Å². The molecule has 0 fully saturated rings. The molecule has 104 valence electrons. The minimum atomic E-state index is -0.274. The molecule has 0 aliphatic heterocycles. The average molecular weight is 291 g/mol. The third-order valence-corrected chi connectivity index (χ3v) is 3.24. The molecule has 1 heterocycles. The van der Waals surface area contributed by atoms with Crippen molar-refractivity contribution < 1.29 is 9.53 Å². The first-order valence-electron chi connectivity index (χ1n) is 6.10. The van der Waals surface area contributed by atoms with Crippen LogP contribution in [0, 0.1) is 13.8 Å². The van der Waals surface area contributed by atoms with Crippen molar-refractivity contribution in [1.29, 1.82) is 0 Å². The highest BCUT2D eigenvalue weighted by atomic mass is 35.5. The van der Waals surface area contributed by atoms with Gasteiger partial charge in [0.2, 0.25) is 0 Å². The van der Waals surface area contributed by atoms with Crippen LogP contribution in [0.1, 0.15) is 21.5 Å². The molecule has 0 aliphatic rings. The smallest absolute Gasteiger partial charge is 0.259 e. The second kappa shape index (κ2) is 5.92. The Morgan fingerprint density at radius 2 is 2.05 bits per heavy atom. The number of amides is 1. The highest BCUT2D eigenvalue weighted by Crippen LogP contribution is 2.26. The molecule has 1 amide bonds. The van der Waals surface area contributed by atoms with E-state index in [0.29, 0.717) is 17.0 Å². The monoisotopic (exact) mass is 290 g/mol. The second-order valence-corrected chi connectivity index (χ2v) is 4.81. The van der Waals surface area contributed by atoms with Gasteiger partial charge in [0, 0.05) is 6.20 Å². The number of methoxy groups -OCH3 is 1. The molecule has 5 heteroatoms. The summed E-state index contributed by atoms with van der Waals surface area (Å²) >= 11 is 6.01. The maximum Gasteiger partial charge on any atom is 0.259 e. The van der Waals surface area contributed by atoms with Gasteiger partial charge < -0.3 is 10.1 Å². The fourth-order valence-corrected chi connectivity index (χ4v) is 2.11. The lowest BCUT2D eigenvalue weighted by molar-refractivity contribution is 0.102. The molecule has 0 bridgehead atoms. The van der Waals surface area contributed by atoms with Crippen molar-refractivity contribution in [2.75, 3.05) is 12.4 Å². The molecule has 0 atom stereocenters. The number of benzene rings is 1. The Labute approximate surface area is 122 Å². The van der Waals surface area contributed by atoms with Crippen molar-refractivity contribution in [3.8, 4) is 5.75 Å². The van der Waals surface area contributed by atoms with Gasteiger partial charge in [0.15, 0.2) is 5.15 Å². The SMILES string of the molecule is COc1ccc(C)cc1C(=O)Nc1c(C)ccnc1Cl. The number of carbonyl (C=O) groups is 1. The largest absolute Gasteiger partial charge is 0.496 e. The van der Waals surface area contributed by atoms with Gasteiger partial charge in [0.25, 0.3) is 5.91 Å². The normalized spacial score (nSPS) is 10.2. The lowest BCUT2D eigenvalue weighted by Crippen LogP contribution is -2.15. The van der Waals surface area contributed by atoms with Crippen LogP contribution in [0.5, 0.6) is 5.75 Å². The predicted molar refractivity (Wildman–Crippen MR) is 79.7 cm³/mol. The number of aromatic nitrogens is 1. The number of hydrogen-bond donors (Lipinski definition) is 1. The summed E-state index contributed by atoms with van der Waals surface area (Å²) in [6, 6.07) is 7.21. The molecule has 1 aromatic heterocycles. The van der Waals surface area contributed by atoms with Crippen LogP contribution in [0.15, 0.2) is 30.5 Å². The zero-order valence-electron chi connectivity index (χ0n) is 11.5. The number of halogens is 1. The Hall–Kier alpha value is -2.07. The molecule has 1 aromatic carbocycles. The molecule has 0 aliphatic carbocycles. The number of nitrogens with zero attached hydrogens (tertiary/aromatic N) is 1. The van der Waals surface area contributed by atoms with Gasteiger partial charge in [0.1, 0.15) is 5.75 Å². The van der Waals surface area contributed by atoms with Gasteiger partial charge in [-0.3, -0.25) is 4.79 Å². The number of aryl methyl sites for hydroxylation is 2. The Balaban J connectivity index is 2.35. The number of pyridine rings is 1. The zero-order chi connectivity index (χ0) is 14.7. The second-order valence-electron chi connectivity index (χ2n) is 4.45. The lowest BCUT2D eigenvalue weighted by atomic mass is 10.1. The van der Waals surface area contributed by atoms with Crippen LogP contribution in [0.4, 0.5) is 5.69 Å². The van der Waals surface area contributed by atoms with Crippen LogP contribution in [0.2, 0.25) is 5.15 Å². The Bertz CT molecular complexity index is 636. The Morgan fingerprint density at radius 3 is 2.70 bits per heavy atom. The maximum atomic E-state index is 12.4. The number of anilines is 1. The number of nitrogens with one attached hydrogen (secondary N) is 1. The summed E-state index contributed by atoms with van der Waals surface area (Å²) in [7, 11) is 1.53. The molecule has 2 rings (SSSR count). The van der Waals surface area contributed by atoms with Crippen molar-refractivity contribution in [3.05, 3.63) is 52.3 Å². The molecule has 0 radical (unpaired) electrons. The van der Waals surface area contributed by atoms with Crippen LogP contribution in [-0.4, -0.2) is 18.0 Å². The van der Waals surface area contributed by atoms with Crippen molar-refractivity contribution in [3.63, 3.8) is 0 Å². The highest BCUT2D eigenvalue weighted by Gasteiger charge is 2.15. The minimum Gasteiger partial charge on any atom is -0.496 e. The fraction of sp³-hybridized carbons (Fsp3) is 0.200. The van der Waals surface area contributed by atoms with Gasteiger partial charge in [-0.15, -0.1) is 0 Å². The van der Waals surface area contributed by atoms with E-state index in [1.165, 1.54) is 7.11 Å². The van der Waals surface area contributed by atoms with E-state index in [1.807, 2.05) is 19.9 Å². The number of hydrogen-bond acceptors (Lipinski definition) is 3. The first-order valence-corrected chi connectivity index (χ1v) is 6.48. The Kier molecular flexibility index (Phi) is 4.25. The summed E-state index contributed by atoms with van der Waals surface area (Å²) in [5, 5.41) is 3.05. The van der Waals surface area contributed by atoms with Crippen LogP contribution >= 0.6 is 11.6 Å². The first kappa shape index (κ1) is 14.3. The van der Waals surface area contributed by atoms with E-state index in [4.69, 9.17) is 16.3 Å². The van der Waals surface area contributed by atoms with Crippen LogP contribution in [0.25, 0.3) is 0 Å². The van der Waals surface area contributed by atoms with E-state index in [9.17, 15) is 4.79 Å². The fourth-order valence-electron chi connectivity index (χ4n) is 1.86. The van der Waals surface area contributed by atoms with E-state index >= 15 is 0 Å². The lowest BCUT2D eigenvalue weighted by Gasteiger charge is -2.12. The zero-order valence-corrected chi connectivity index (χ0v) is 12.3. The van der Waals surface area contributed by atoms with E-state index in [2.05, 4.69) is 10.3 Å². The minimum absolute atomic E-state index is 0.268.